The highest BCUT2D eigenvalue weighted by Gasteiger charge is 2.26. The highest BCUT2D eigenvalue weighted by atomic mass is 19.1. The van der Waals surface area contributed by atoms with Crippen LogP contribution in [0.25, 0.3) is 11.0 Å². The largest absolute Gasteiger partial charge is 0.481 e. The summed E-state index contributed by atoms with van der Waals surface area (Å²) in [5.41, 5.74) is 1.61. The summed E-state index contributed by atoms with van der Waals surface area (Å²) in [5, 5.41) is 9.00. The van der Waals surface area contributed by atoms with E-state index in [2.05, 4.69) is 4.98 Å². The van der Waals surface area contributed by atoms with Crippen LogP contribution in [0.4, 0.5) is 4.39 Å². The minimum Gasteiger partial charge on any atom is -0.481 e. The lowest BCUT2D eigenvalue weighted by Gasteiger charge is -2.26. The second-order valence-electron chi connectivity index (χ2n) is 5.59. The van der Waals surface area contributed by atoms with Gasteiger partial charge in [-0.3, -0.25) is 4.79 Å². The Morgan fingerprint density at radius 3 is 2.80 bits per heavy atom. The number of hydrogen-bond donors (Lipinski definition) is 1. The zero-order valence-corrected chi connectivity index (χ0v) is 11.1. The zero-order chi connectivity index (χ0) is 14.1. The van der Waals surface area contributed by atoms with Crippen LogP contribution >= 0.6 is 0 Å². The molecule has 0 bridgehead atoms. The fraction of sp³-hybridized carbons (Fsp3) is 0.467. The van der Waals surface area contributed by atoms with E-state index in [1.54, 1.807) is 12.4 Å². The molecule has 1 aliphatic carbocycles. The van der Waals surface area contributed by atoms with E-state index in [4.69, 9.17) is 5.11 Å². The maximum Gasteiger partial charge on any atom is 0.306 e. The lowest BCUT2D eigenvalue weighted by molar-refractivity contribution is -0.143. The Balaban J connectivity index is 1.71. The summed E-state index contributed by atoms with van der Waals surface area (Å²) in [4.78, 5) is 15.2. The number of carbonyl (C=O) groups is 1. The van der Waals surface area contributed by atoms with Crippen molar-refractivity contribution in [2.45, 2.75) is 32.2 Å². The van der Waals surface area contributed by atoms with Crippen LogP contribution in [-0.2, 0) is 11.3 Å². The lowest BCUT2D eigenvalue weighted by Crippen LogP contribution is -2.23. The number of halogens is 1. The summed E-state index contributed by atoms with van der Waals surface area (Å²) in [6.45, 7) is 0.784. The number of imidazole rings is 1. The Bertz CT molecular complexity index is 630. The lowest BCUT2D eigenvalue weighted by atomic mass is 9.82. The van der Waals surface area contributed by atoms with Crippen molar-refractivity contribution in [3.05, 3.63) is 30.3 Å². The van der Waals surface area contributed by atoms with Crippen LogP contribution < -0.4 is 0 Å². The summed E-state index contributed by atoms with van der Waals surface area (Å²) in [7, 11) is 0. The van der Waals surface area contributed by atoms with E-state index in [0.29, 0.717) is 5.92 Å². The number of rotatable bonds is 3. The van der Waals surface area contributed by atoms with Crippen LogP contribution in [0.1, 0.15) is 25.7 Å². The molecule has 1 heterocycles. The quantitative estimate of drug-likeness (QED) is 0.937. The van der Waals surface area contributed by atoms with Crippen molar-refractivity contribution >= 4 is 17.0 Å². The minimum atomic E-state index is -0.682. The van der Waals surface area contributed by atoms with E-state index in [-0.39, 0.29) is 11.7 Å². The molecule has 106 valence electrons. The Morgan fingerprint density at radius 1 is 1.35 bits per heavy atom. The fourth-order valence-corrected chi connectivity index (χ4v) is 3.05. The third-order valence-corrected chi connectivity index (χ3v) is 4.23. The average molecular weight is 276 g/mol. The summed E-state index contributed by atoms with van der Waals surface area (Å²) < 4.78 is 15.3. The molecule has 0 amide bonds. The number of benzene rings is 1. The molecule has 20 heavy (non-hydrogen) atoms. The molecule has 0 unspecified atom stereocenters. The molecule has 5 heteroatoms. The van der Waals surface area contributed by atoms with Crippen molar-refractivity contribution in [3.63, 3.8) is 0 Å². The van der Waals surface area contributed by atoms with Crippen LogP contribution in [0.5, 0.6) is 0 Å². The third-order valence-electron chi connectivity index (χ3n) is 4.23. The zero-order valence-electron chi connectivity index (χ0n) is 11.1. The first-order valence-corrected chi connectivity index (χ1v) is 6.96. The van der Waals surface area contributed by atoms with E-state index >= 15 is 0 Å². The van der Waals surface area contributed by atoms with E-state index in [1.165, 1.54) is 12.1 Å². The molecule has 1 saturated carbocycles. The molecule has 2 aromatic rings. The van der Waals surface area contributed by atoms with Crippen molar-refractivity contribution in [2.24, 2.45) is 11.8 Å². The Kier molecular flexibility index (Phi) is 3.42. The molecule has 4 nitrogen and oxygen atoms in total. The molecule has 1 N–H and O–H groups in total. The molecular weight excluding hydrogens is 259 g/mol. The smallest absolute Gasteiger partial charge is 0.306 e. The molecule has 0 saturated heterocycles. The molecule has 1 aromatic heterocycles. The maximum absolute atomic E-state index is 13.3. The Morgan fingerprint density at radius 2 is 2.10 bits per heavy atom. The first-order valence-electron chi connectivity index (χ1n) is 6.96. The average Bonchev–Trinajstić information content (AvgIpc) is 2.82. The fourth-order valence-electron chi connectivity index (χ4n) is 3.05. The van der Waals surface area contributed by atoms with Gasteiger partial charge in [-0.25, -0.2) is 9.37 Å². The minimum absolute atomic E-state index is 0.191. The van der Waals surface area contributed by atoms with Crippen molar-refractivity contribution in [1.82, 2.24) is 9.55 Å². The molecule has 3 rings (SSSR count). The first kappa shape index (κ1) is 13.1. The number of carboxylic acid groups (broad SMARTS) is 1. The van der Waals surface area contributed by atoms with Gasteiger partial charge < -0.3 is 9.67 Å². The van der Waals surface area contributed by atoms with Gasteiger partial charge in [0.05, 0.1) is 23.3 Å². The van der Waals surface area contributed by atoms with Gasteiger partial charge in [0.2, 0.25) is 0 Å². The van der Waals surface area contributed by atoms with Gasteiger partial charge in [-0.15, -0.1) is 0 Å². The first-order chi connectivity index (χ1) is 9.63. The summed E-state index contributed by atoms with van der Waals surface area (Å²) in [6, 6.07) is 4.60. The van der Waals surface area contributed by atoms with Crippen molar-refractivity contribution < 1.29 is 14.3 Å². The van der Waals surface area contributed by atoms with Crippen LogP contribution in [0.15, 0.2) is 24.5 Å². The number of aliphatic carboxylic acids is 1. The van der Waals surface area contributed by atoms with E-state index in [1.807, 2.05) is 4.57 Å². The van der Waals surface area contributed by atoms with Crippen LogP contribution in [0, 0.1) is 17.7 Å². The monoisotopic (exact) mass is 276 g/mol. The number of nitrogens with zero attached hydrogens (tertiary/aromatic N) is 2. The summed E-state index contributed by atoms with van der Waals surface area (Å²) >= 11 is 0. The molecule has 0 atom stereocenters. The van der Waals surface area contributed by atoms with E-state index < -0.39 is 5.97 Å². The number of carboxylic acids is 1. The number of fused-ring (bicyclic) bond motifs is 1. The van der Waals surface area contributed by atoms with E-state index in [0.717, 1.165) is 43.3 Å². The molecule has 0 radical (unpaired) electrons. The van der Waals surface area contributed by atoms with Gasteiger partial charge in [0, 0.05) is 6.54 Å². The second-order valence-corrected chi connectivity index (χ2v) is 5.59. The van der Waals surface area contributed by atoms with Crippen LogP contribution in [0.3, 0.4) is 0 Å². The number of aromatic nitrogens is 2. The van der Waals surface area contributed by atoms with Crippen LogP contribution in [0.2, 0.25) is 0 Å². The SMILES string of the molecule is O=C(O)[C@H]1CC[C@H](Cn2cnc3ccc(F)cc32)CC1. The highest BCUT2D eigenvalue weighted by molar-refractivity contribution is 5.75. The molecule has 1 aliphatic rings. The predicted octanol–water partition coefficient (Wildman–Crippen LogP) is 3.07. The van der Waals surface area contributed by atoms with Gasteiger partial charge in [-0.1, -0.05) is 0 Å². The van der Waals surface area contributed by atoms with Crippen molar-refractivity contribution in [2.75, 3.05) is 0 Å². The standard InChI is InChI=1S/C15H17FN2O2/c16-12-5-6-13-14(7-12)18(9-17-13)8-10-1-3-11(4-2-10)15(19)20/h5-7,9-11H,1-4,8H2,(H,19,20)/t10-,11-. The molecule has 1 aromatic carbocycles. The molecule has 0 spiro atoms. The van der Waals surface area contributed by atoms with Gasteiger partial charge in [0.1, 0.15) is 5.82 Å². The van der Waals surface area contributed by atoms with Gasteiger partial charge in [-0.2, -0.15) is 0 Å². The van der Waals surface area contributed by atoms with Gasteiger partial charge in [0.15, 0.2) is 0 Å². The van der Waals surface area contributed by atoms with E-state index in [9.17, 15) is 9.18 Å². The molecule has 0 aliphatic heterocycles. The summed E-state index contributed by atoms with van der Waals surface area (Å²) in [5.74, 6) is -0.679. The van der Waals surface area contributed by atoms with Gasteiger partial charge in [-0.05, 0) is 49.8 Å². The maximum atomic E-state index is 13.3. The van der Waals surface area contributed by atoms with Crippen LogP contribution in [-0.4, -0.2) is 20.6 Å². The van der Waals surface area contributed by atoms with Gasteiger partial charge >= 0.3 is 5.97 Å². The number of hydrogen-bond acceptors (Lipinski definition) is 2. The second kappa shape index (κ2) is 5.23. The molecular formula is C15H17FN2O2. The van der Waals surface area contributed by atoms with Crippen molar-refractivity contribution in [1.29, 1.82) is 0 Å². The predicted molar refractivity (Wildman–Crippen MR) is 72.8 cm³/mol. The topological polar surface area (TPSA) is 55.1 Å². The van der Waals surface area contributed by atoms with Gasteiger partial charge in [0.25, 0.3) is 0 Å². The Labute approximate surface area is 116 Å². The highest BCUT2D eigenvalue weighted by Crippen LogP contribution is 2.30. The van der Waals surface area contributed by atoms with Crippen molar-refractivity contribution in [3.8, 4) is 0 Å². The normalized spacial score (nSPS) is 23.1. The summed E-state index contributed by atoms with van der Waals surface area (Å²) in [6.07, 6.45) is 5.04. The molecule has 1 fully saturated rings. The Hall–Kier alpha value is -1.91. The third kappa shape index (κ3) is 2.53.